The Morgan fingerprint density at radius 2 is 1.76 bits per heavy atom. The Kier molecular flexibility index (Phi) is 8.17. The number of nitrogens with zero attached hydrogens (tertiary/aromatic N) is 1. The number of carbonyl (C=O) groups is 2. The predicted molar refractivity (Wildman–Crippen MR) is 115 cm³/mol. The van der Waals surface area contributed by atoms with Crippen molar-refractivity contribution in [3.05, 3.63) is 52.0 Å². The summed E-state index contributed by atoms with van der Waals surface area (Å²) in [5.74, 6) is 0.297. The van der Waals surface area contributed by atoms with Crippen molar-refractivity contribution in [1.82, 2.24) is 4.90 Å². The first kappa shape index (κ1) is 22.8. The lowest BCUT2D eigenvalue weighted by atomic mass is 10.1. The average molecular weight is 439 g/mol. The maximum atomic E-state index is 12.9. The van der Waals surface area contributed by atoms with Gasteiger partial charge >= 0.3 is 0 Å². The molecule has 2 aromatic carbocycles. The molecule has 0 aliphatic rings. The Labute approximate surface area is 180 Å². The molecule has 2 amide bonds. The molecule has 1 N–H and O–H groups in total. The zero-order chi connectivity index (χ0) is 21.6. The van der Waals surface area contributed by atoms with Gasteiger partial charge in [-0.05, 0) is 51.1 Å². The lowest BCUT2D eigenvalue weighted by molar-refractivity contribution is -0.116. The first-order chi connectivity index (χ1) is 13.8. The van der Waals surface area contributed by atoms with Crippen molar-refractivity contribution >= 4 is 40.7 Å². The van der Waals surface area contributed by atoms with Crippen LogP contribution in [0, 0.1) is 0 Å². The number of benzene rings is 2. The molecule has 0 aliphatic carbocycles. The van der Waals surface area contributed by atoms with Crippen molar-refractivity contribution in [2.45, 2.75) is 26.9 Å². The van der Waals surface area contributed by atoms with Gasteiger partial charge in [0.25, 0.3) is 5.91 Å². The molecule has 0 radical (unpaired) electrons. The number of amides is 2. The molecule has 0 bridgehead atoms. The van der Waals surface area contributed by atoms with E-state index in [0.29, 0.717) is 39.3 Å². The minimum absolute atomic E-state index is 0.0297. The van der Waals surface area contributed by atoms with E-state index in [-0.39, 0.29) is 18.6 Å². The second-order valence-corrected chi connectivity index (χ2v) is 7.31. The number of halogens is 2. The van der Waals surface area contributed by atoms with Gasteiger partial charge in [-0.15, -0.1) is 0 Å². The van der Waals surface area contributed by atoms with E-state index in [1.54, 1.807) is 43.3 Å². The average Bonchev–Trinajstić information content (AvgIpc) is 2.68. The SMILES string of the molecule is CCN(CC(=O)Nc1c(Cl)cccc1Cl)C(=O)c1ccc(OC(C)C)c(OC)c1. The molecular formula is C21H24Cl2N2O4. The van der Waals surface area contributed by atoms with E-state index in [1.807, 2.05) is 13.8 Å². The van der Waals surface area contributed by atoms with E-state index < -0.39 is 5.91 Å². The minimum atomic E-state index is -0.401. The molecule has 6 nitrogen and oxygen atoms in total. The third-order valence-corrected chi connectivity index (χ3v) is 4.63. The molecule has 0 heterocycles. The van der Waals surface area contributed by atoms with Crippen molar-refractivity contribution < 1.29 is 19.1 Å². The summed E-state index contributed by atoms with van der Waals surface area (Å²) >= 11 is 12.2. The van der Waals surface area contributed by atoms with Gasteiger partial charge in [0.05, 0.1) is 28.9 Å². The number of ether oxygens (including phenoxy) is 2. The van der Waals surface area contributed by atoms with E-state index >= 15 is 0 Å². The maximum absolute atomic E-state index is 12.9. The predicted octanol–water partition coefficient (Wildman–Crippen LogP) is 4.89. The fourth-order valence-corrected chi connectivity index (χ4v) is 3.12. The molecule has 2 aromatic rings. The number of hydrogen-bond donors (Lipinski definition) is 1. The number of likely N-dealkylation sites (N-methyl/N-ethyl adjacent to an activating group) is 1. The van der Waals surface area contributed by atoms with Crippen LogP contribution in [0.5, 0.6) is 11.5 Å². The van der Waals surface area contributed by atoms with Crippen LogP contribution < -0.4 is 14.8 Å². The fraction of sp³-hybridized carbons (Fsp3) is 0.333. The third-order valence-electron chi connectivity index (χ3n) is 4.00. The van der Waals surface area contributed by atoms with Crippen LogP contribution in [0.2, 0.25) is 10.0 Å². The van der Waals surface area contributed by atoms with Crippen LogP contribution in [0.25, 0.3) is 0 Å². The largest absolute Gasteiger partial charge is 0.493 e. The zero-order valence-corrected chi connectivity index (χ0v) is 18.3. The van der Waals surface area contributed by atoms with Crippen LogP contribution in [0.1, 0.15) is 31.1 Å². The van der Waals surface area contributed by atoms with Crippen molar-refractivity contribution in [3.8, 4) is 11.5 Å². The Bertz CT molecular complexity index is 867. The van der Waals surface area contributed by atoms with Gasteiger partial charge in [0.1, 0.15) is 6.54 Å². The monoisotopic (exact) mass is 438 g/mol. The molecule has 0 spiro atoms. The molecule has 29 heavy (non-hydrogen) atoms. The Hall–Kier alpha value is -2.44. The molecule has 0 saturated carbocycles. The number of para-hydroxylation sites is 1. The van der Waals surface area contributed by atoms with Crippen LogP contribution in [0.3, 0.4) is 0 Å². The maximum Gasteiger partial charge on any atom is 0.254 e. The number of carbonyl (C=O) groups excluding carboxylic acids is 2. The van der Waals surface area contributed by atoms with Crippen molar-refractivity contribution in [2.75, 3.05) is 25.5 Å². The highest BCUT2D eigenvalue weighted by Crippen LogP contribution is 2.30. The van der Waals surface area contributed by atoms with Gasteiger partial charge in [0, 0.05) is 12.1 Å². The Morgan fingerprint density at radius 1 is 1.10 bits per heavy atom. The van der Waals surface area contributed by atoms with E-state index in [2.05, 4.69) is 5.32 Å². The molecule has 156 valence electrons. The van der Waals surface area contributed by atoms with Crippen molar-refractivity contribution in [2.24, 2.45) is 0 Å². The quantitative estimate of drug-likeness (QED) is 0.636. The highest BCUT2D eigenvalue weighted by atomic mass is 35.5. The minimum Gasteiger partial charge on any atom is -0.493 e. The second-order valence-electron chi connectivity index (χ2n) is 6.50. The van der Waals surface area contributed by atoms with Gasteiger partial charge in [0.15, 0.2) is 11.5 Å². The fourth-order valence-electron chi connectivity index (χ4n) is 2.63. The second kappa shape index (κ2) is 10.4. The first-order valence-corrected chi connectivity index (χ1v) is 9.90. The van der Waals surface area contributed by atoms with Crippen LogP contribution in [-0.4, -0.2) is 43.0 Å². The number of rotatable bonds is 8. The molecule has 0 aliphatic heterocycles. The summed E-state index contributed by atoms with van der Waals surface area (Å²) < 4.78 is 11.0. The summed E-state index contributed by atoms with van der Waals surface area (Å²) in [6, 6.07) is 9.86. The third kappa shape index (κ3) is 6.02. The van der Waals surface area contributed by atoms with E-state index in [1.165, 1.54) is 12.0 Å². The van der Waals surface area contributed by atoms with Gasteiger partial charge in [-0.3, -0.25) is 9.59 Å². The highest BCUT2D eigenvalue weighted by molar-refractivity contribution is 6.39. The van der Waals surface area contributed by atoms with E-state index in [9.17, 15) is 9.59 Å². The summed E-state index contributed by atoms with van der Waals surface area (Å²) in [4.78, 5) is 26.8. The van der Waals surface area contributed by atoms with Crippen LogP contribution in [-0.2, 0) is 4.79 Å². The summed E-state index contributed by atoms with van der Waals surface area (Å²) in [7, 11) is 1.51. The van der Waals surface area contributed by atoms with Crippen LogP contribution in [0.15, 0.2) is 36.4 Å². The van der Waals surface area contributed by atoms with E-state index in [4.69, 9.17) is 32.7 Å². The zero-order valence-electron chi connectivity index (χ0n) is 16.8. The standard InChI is InChI=1S/C21H24Cl2N2O4/c1-5-25(12-19(26)24-20-15(22)7-6-8-16(20)23)21(27)14-9-10-17(29-13(2)3)18(11-14)28-4/h6-11,13H,5,12H2,1-4H3,(H,24,26). The highest BCUT2D eigenvalue weighted by Gasteiger charge is 2.20. The lowest BCUT2D eigenvalue weighted by Gasteiger charge is -2.21. The van der Waals surface area contributed by atoms with Gasteiger partial charge in [-0.25, -0.2) is 0 Å². The van der Waals surface area contributed by atoms with Gasteiger partial charge in [-0.1, -0.05) is 29.3 Å². The molecular weight excluding hydrogens is 415 g/mol. The van der Waals surface area contributed by atoms with Crippen LogP contribution >= 0.6 is 23.2 Å². The normalized spacial score (nSPS) is 10.6. The summed E-state index contributed by atoms with van der Waals surface area (Å²) in [5, 5.41) is 3.31. The van der Waals surface area contributed by atoms with Crippen LogP contribution in [0.4, 0.5) is 5.69 Å². The number of hydrogen-bond acceptors (Lipinski definition) is 4. The molecule has 0 saturated heterocycles. The number of methoxy groups -OCH3 is 1. The number of nitrogens with one attached hydrogen (secondary N) is 1. The molecule has 0 fully saturated rings. The number of anilines is 1. The van der Waals surface area contributed by atoms with Gasteiger partial charge in [-0.2, -0.15) is 0 Å². The molecule has 8 heteroatoms. The topological polar surface area (TPSA) is 67.9 Å². The van der Waals surface area contributed by atoms with Crippen molar-refractivity contribution in [3.63, 3.8) is 0 Å². The Balaban J connectivity index is 2.15. The molecule has 2 rings (SSSR count). The smallest absolute Gasteiger partial charge is 0.254 e. The summed E-state index contributed by atoms with van der Waals surface area (Å²) in [6.45, 7) is 5.79. The molecule has 0 atom stereocenters. The molecule has 0 aromatic heterocycles. The van der Waals surface area contributed by atoms with Gasteiger partial charge in [0.2, 0.25) is 5.91 Å². The molecule has 0 unspecified atom stereocenters. The van der Waals surface area contributed by atoms with Gasteiger partial charge < -0.3 is 19.7 Å². The lowest BCUT2D eigenvalue weighted by Crippen LogP contribution is -2.38. The van der Waals surface area contributed by atoms with E-state index in [0.717, 1.165) is 0 Å². The first-order valence-electron chi connectivity index (χ1n) is 9.14. The summed E-state index contributed by atoms with van der Waals surface area (Å²) in [5.41, 5.74) is 0.713. The summed E-state index contributed by atoms with van der Waals surface area (Å²) in [6.07, 6.45) is -0.0297. The Morgan fingerprint density at radius 3 is 2.31 bits per heavy atom. The van der Waals surface area contributed by atoms with Crippen molar-refractivity contribution in [1.29, 1.82) is 0 Å².